The lowest BCUT2D eigenvalue weighted by Crippen LogP contribution is -2.29. The second-order valence-electron chi connectivity index (χ2n) is 4.54. The van der Waals surface area contributed by atoms with E-state index in [0.29, 0.717) is 5.92 Å². The van der Waals surface area contributed by atoms with Crippen LogP contribution in [0.2, 0.25) is 0 Å². The highest BCUT2D eigenvalue weighted by Crippen LogP contribution is 2.18. The molecule has 3 heteroatoms. The van der Waals surface area contributed by atoms with Crippen molar-refractivity contribution in [2.75, 3.05) is 13.7 Å². The van der Waals surface area contributed by atoms with E-state index in [9.17, 15) is 4.79 Å². The predicted octanol–water partition coefficient (Wildman–Crippen LogP) is 2.63. The van der Waals surface area contributed by atoms with E-state index in [-0.39, 0.29) is 18.6 Å². The Morgan fingerprint density at radius 1 is 1.18 bits per heavy atom. The number of nitrogens with one attached hydrogen (secondary N) is 1. The van der Waals surface area contributed by atoms with Crippen LogP contribution in [-0.2, 0) is 9.53 Å². The second kappa shape index (κ2) is 6.40. The topological polar surface area (TPSA) is 38.3 Å². The van der Waals surface area contributed by atoms with E-state index in [2.05, 4.69) is 43.4 Å². The monoisotopic (exact) mass is 235 g/mol. The fourth-order valence-corrected chi connectivity index (χ4v) is 1.67. The van der Waals surface area contributed by atoms with Crippen molar-refractivity contribution in [3.63, 3.8) is 0 Å². The first kappa shape index (κ1) is 13.7. The fourth-order valence-electron chi connectivity index (χ4n) is 1.67. The van der Waals surface area contributed by atoms with E-state index in [1.165, 1.54) is 12.7 Å². The van der Waals surface area contributed by atoms with Crippen molar-refractivity contribution in [1.82, 2.24) is 5.32 Å². The first-order valence-electron chi connectivity index (χ1n) is 5.92. The van der Waals surface area contributed by atoms with Crippen molar-refractivity contribution in [1.29, 1.82) is 0 Å². The van der Waals surface area contributed by atoms with Crippen LogP contribution in [0.4, 0.5) is 0 Å². The number of amides is 1. The van der Waals surface area contributed by atoms with Gasteiger partial charge in [-0.1, -0.05) is 38.1 Å². The van der Waals surface area contributed by atoms with Gasteiger partial charge < -0.3 is 10.1 Å². The number of hydrogen-bond acceptors (Lipinski definition) is 2. The number of hydrogen-bond donors (Lipinski definition) is 1. The summed E-state index contributed by atoms with van der Waals surface area (Å²) in [6, 6.07) is 8.36. The van der Waals surface area contributed by atoms with Crippen LogP contribution in [0.15, 0.2) is 24.3 Å². The zero-order valence-corrected chi connectivity index (χ0v) is 11.0. The lowest BCUT2D eigenvalue weighted by molar-refractivity contribution is -0.125. The minimum absolute atomic E-state index is 0.0128. The molecule has 0 aliphatic rings. The summed E-state index contributed by atoms with van der Waals surface area (Å²) in [7, 11) is 1.52. The molecule has 0 aromatic heterocycles. The molecule has 0 spiro atoms. The van der Waals surface area contributed by atoms with Crippen molar-refractivity contribution in [3.05, 3.63) is 35.4 Å². The van der Waals surface area contributed by atoms with Crippen LogP contribution in [0, 0.1) is 0 Å². The zero-order chi connectivity index (χ0) is 12.8. The SMILES string of the molecule is COCC(=O)NC(C)c1ccc(C(C)C)cc1. The van der Waals surface area contributed by atoms with Gasteiger partial charge in [-0.15, -0.1) is 0 Å². The van der Waals surface area contributed by atoms with Gasteiger partial charge in [-0.2, -0.15) is 0 Å². The van der Waals surface area contributed by atoms with Crippen molar-refractivity contribution in [2.45, 2.75) is 32.7 Å². The minimum atomic E-state index is -0.0899. The molecule has 1 aromatic carbocycles. The van der Waals surface area contributed by atoms with Crippen molar-refractivity contribution >= 4 is 5.91 Å². The maximum Gasteiger partial charge on any atom is 0.246 e. The molecule has 1 unspecified atom stereocenters. The Kier molecular flexibility index (Phi) is 5.16. The van der Waals surface area contributed by atoms with Gasteiger partial charge >= 0.3 is 0 Å². The first-order chi connectivity index (χ1) is 8.04. The van der Waals surface area contributed by atoms with Crippen LogP contribution in [-0.4, -0.2) is 19.6 Å². The Balaban J connectivity index is 2.63. The molecule has 0 bridgehead atoms. The van der Waals surface area contributed by atoms with Gasteiger partial charge in [0.1, 0.15) is 6.61 Å². The number of carbonyl (C=O) groups excluding carboxylic acids is 1. The summed E-state index contributed by atoms with van der Waals surface area (Å²) in [5.74, 6) is 0.440. The Morgan fingerprint density at radius 2 is 1.71 bits per heavy atom. The molecular formula is C14H21NO2. The van der Waals surface area contributed by atoms with Crippen LogP contribution in [0.1, 0.15) is 43.9 Å². The van der Waals surface area contributed by atoms with Gasteiger partial charge in [0.2, 0.25) is 5.91 Å². The van der Waals surface area contributed by atoms with Crippen LogP contribution in [0.25, 0.3) is 0 Å². The molecule has 1 amide bonds. The van der Waals surface area contributed by atoms with Gasteiger partial charge in [0.25, 0.3) is 0 Å². The Hall–Kier alpha value is -1.35. The number of methoxy groups -OCH3 is 1. The van der Waals surface area contributed by atoms with Crippen LogP contribution < -0.4 is 5.32 Å². The molecule has 0 aliphatic heterocycles. The third kappa shape index (κ3) is 4.19. The maximum absolute atomic E-state index is 11.4. The molecule has 0 saturated carbocycles. The molecule has 0 radical (unpaired) electrons. The lowest BCUT2D eigenvalue weighted by atomic mass is 9.99. The molecule has 1 rings (SSSR count). The lowest BCUT2D eigenvalue weighted by Gasteiger charge is -2.15. The molecule has 0 saturated heterocycles. The predicted molar refractivity (Wildman–Crippen MR) is 69.0 cm³/mol. The Labute approximate surface area is 103 Å². The first-order valence-corrected chi connectivity index (χ1v) is 5.92. The van der Waals surface area contributed by atoms with Gasteiger partial charge in [-0.3, -0.25) is 4.79 Å². The molecule has 17 heavy (non-hydrogen) atoms. The van der Waals surface area contributed by atoms with E-state index < -0.39 is 0 Å². The summed E-state index contributed by atoms with van der Waals surface area (Å²) in [5.41, 5.74) is 2.42. The second-order valence-corrected chi connectivity index (χ2v) is 4.54. The highest BCUT2D eigenvalue weighted by Gasteiger charge is 2.09. The highest BCUT2D eigenvalue weighted by molar-refractivity contribution is 5.77. The average molecular weight is 235 g/mol. The molecular weight excluding hydrogens is 214 g/mol. The van der Waals surface area contributed by atoms with Gasteiger partial charge in [0, 0.05) is 7.11 Å². The van der Waals surface area contributed by atoms with Gasteiger partial charge in [-0.25, -0.2) is 0 Å². The molecule has 0 fully saturated rings. The fraction of sp³-hybridized carbons (Fsp3) is 0.500. The standard InChI is InChI=1S/C14H21NO2/c1-10(2)12-5-7-13(8-6-12)11(3)15-14(16)9-17-4/h5-8,10-11H,9H2,1-4H3,(H,15,16). The molecule has 94 valence electrons. The summed E-state index contributed by atoms with van der Waals surface area (Å²) in [5, 5.41) is 2.88. The Morgan fingerprint density at radius 3 is 2.18 bits per heavy atom. The molecule has 1 aromatic rings. The summed E-state index contributed by atoms with van der Waals surface area (Å²) in [6.45, 7) is 6.41. The van der Waals surface area contributed by atoms with Crippen molar-refractivity contribution < 1.29 is 9.53 Å². The molecule has 1 N–H and O–H groups in total. The van der Waals surface area contributed by atoms with Crippen LogP contribution in [0.3, 0.4) is 0 Å². The summed E-state index contributed by atoms with van der Waals surface area (Å²) < 4.78 is 4.78. The normalized spacial score (nSPS) is 12.5. The highest BCUT2D eigenvalue weighted by atomic mass is 16.5. The smallest absolute Gasteiger partial charge is 0.246 e. The quantitative estimate of drug-likeness (QED) is 0.852. The maximum atomic E-state index is 11.4. The van der Waals surface area contributed by atoms with E-state index in [1.54, 1.807) is 0 Å². The zero-order valence-electron chi connectivity index (χ0n) is 11.0. The number of carbonyl (C=O) groups is 1. The molecule has 1 atom stereocenters. The van der Waals surface area contributed by atoms with Crippen LogP contribution in [0.5, 0.6) is 0 Å². The molecule has 3 nitrogen and oxygen atoms in total. The molecule has 0 heterocycles. The number of rotatable bonds is 5. The average Bonchev–Trinajstić information content (AvgIpc) is 2.29. The largest absolute Gasteiger partial charge is 0.375 e. The van der Waals surface area contributed by atoms with Gasteiger partial charge in [0.05, 0.1) is 6.04 Å². The van der Waals surface area contributed by atoms with Crippen LogP contribution >= 0.6 is 0 Å². The summed E-state index contributed by atoms with van der Waals surface area (Å²) in [6.07, 6.45) is 0. The van der Waals surface area contributed by atoms with Gasteiger partial charge in [-0.05, 0) is 24.0 Å². The van der Waals surface area contributed by atoms with E-state index in [1.807, 2.05) is 6.92 Å². The summed E-state index contributed by atoms with van der Waals surface area (Å²) >= 11 is 0. The van der Waals surface area contributed by atoms with E-state index in [4.69, 9.17) is 4.74 Å². The Bertz CT molecular complexity index is 357. The number of ether oxygens (including phenoxy) is 1. The van der Waals surface area contributed by atoms with Crippen molar-refractivity contribution in [3.8, 4) is 0 Å². The minimum Gasteiger partial charge on any atom is -0.375 e. The third-order valence-electron chi connectivity index (χ3n) is 2.76. The van der Waals surface area contributed by atoms with E-state index >= 15 is 0 Å². The van der Waals surface area contributed by atoms with Crippen molar-refractivity contribution in [2.24, 2.45) is 0 Å². The van der Waals surface area contributed by atoms with E-state index in [0.717, 1.165) is 5.56 Å². The third-order valence-corrected chi connectivity index (χ3v) is 2.76. The summed E-state index contributed by atoms with van der Waals surface area (Å²) in [4.78, 5) is 11.4. The molecule has 0 aliphatic carbocycles. The number of benzene rings is 1. The van der Waals surface area contributed by atoms with Gasteiger partial charge in [0.15, 0.2) is 0 Å².